The maximum absolute atomic E-state index is 11.2. The molecule has 1 saturated carbocycles. The minimum atomic E-state index is -0.762. The number of aryl methyl sites for hydroxylation is 2. The van der Waals surface area contributed by atoms with E-state index in [1.54, 1.807) is 6.07 Å². The van der Waals surface area contributed by atoms with Crippen molar-refractivity contribution in [1.82, 2.24) is 9.97 Å². The molecule has 1 fully saturated rings. The van der Waals surface area contributed by atoms with Crippen LogP contribution < -0.4 is 4.74 Å². The van der Waals surface area contributed by atoms with Gasteiger partial charge in [0.25, 0.3) is 0 Å². The number of hydrogen-bond acceptors (Lipinski definition) is 6. The van der Waals surface area contributed by atoms with E-state index in [0.29, 0.717) is 41.4 Å². The Hall–Kier alpha value is -2.28. The topological polar surface area (TPSA) is 89.4 Å². The molecule has 2 heterocycles. The number of thiophene rings is 1. The summed E-state index contributed by atoms with van der Waals surface area (Å²) in [6.45, 7) is 3.65. The maximum Gasteiger partial charge on any atom is 0.306 e. The highest BCUT2D eigenvalue weighted by molar-refractivity contribution is 7.14. The third-order valence-corrected chi connectivity index (χ3v) is 5.43. The second-order valence-corrected chi connectivity index (χ2v) is 7.23. The number of carboxylic acids is 1. The van der Waals surface area contributed by atoms with Crippen molar-refractivity contribution in [2.75, 3.05) is 0 Å². The van der Waals surface area contributed by atoms with Gasteiger partial charge < -0.3 is 9.84 Å². The van der Waals surface area contributed by atoms with E-state index in [4.69, 9.17) is 4.74 Å². The Balaban J connectivity index is 1.83. The molecule has 1 N–H and O–H groups in total. The van der Waals surface area contributed by atoms with Gasteiger partial charge in [0.15, 0.2) is 6.29 Å². The van der Waals surface area contributed by atoms with Crippen LogP contribution in [0.3, 0.4) is 0 Å². The van der Waals surface area contributed by atoms with Crippen molar-refractivity contribution < 1.29 is 19.4 Å². The van der Waals surface area contributed by atoms with E-state index in [2.05, 4.69) is 9.97 Å². The summed E-state index contributed by atoms with van der Waals surface area (Å²) in [6, 6.07) is 1.77. The second kappa shape index (κ2) is 7.31. The molecule has 0 amide bonds. The Morgan fingerprint density at radius 1 is 1.32 bits per heavy atom. The highest BCUT2D eigenvalue weighted by Crippen LogP contribution is 2.32. The molecule has 132 valence electrons. The van der Waals surface area contributed by atoms with Gasteiger partial charge in [-0.15, -0.1) is 11.3 Å². The lowest BCUT2D eigenvalue weighted by molar-refractivity contribution is -0.143. The Kier molecular flexibility index (Phi) is 5.13. The van der Waals surface area contributed by atoms with Crippen molar-refractivity contribution in [3.05, 3.63) is 28.4 Å². The molecule has 0 aliphatic heterocycles. The molecule has 0 bridgehead atoms. The molecule has 2 atom stereocenters. The first kappa shape index (κ1) is 17.5. The number of ether oxygens (including phenoxy) is 1. The molecule has 25 heavy (non-hydrogen) atoms. The van der Waals surface area contributed by atoms with Crippen LogP contribution in [0.2, 0.25) is 0 Å². The number of aromatic nitrogens is 2. The van der Waals surface area contributed by atoms with Crippen LogP contribution in [-0.4, -0.2) is 33.4 Å². The van der Waals surface area contributed by atoms with Crippen LogP contribution in [0.5, 0.6) is 5.88 Å². The van der Waals surface area contributed by atoms with Gasteiger partial charge in [0, 0.05) is 5.56 Å². The number of carbonyl (C=O) groups excluding carboxylic acids is 1. The molecule has 3 rings (SSSR count). The lowest BCUT2D eigenvalue weighted by atomic mass is 9.87. The summed E-state index contributed by atoms with van der Waals surface area (Å²) in [6.07, 6.45) is 3.53. The van der Waals surface area contributed by atoms with Gasteiger partial charge >= 0.3 is 5.97 Å². The minimum absolute atomic E-state index is 0.152. The molecule has 6 nitrogen and oxygen atoms in total. The zero-order valence-corrected chi connectivity index (χ0v) is 15.0. The van der Waals surface area contributed by atoms with Crippen LogP contribution in [0, 0.1) is 19.8 Å². The number of rotatable bonds is 5. The first-order valence-corrected chi connectivity index (χ1v) is 9.15. The zero-order chi connectivity index (χ0) is 18.0. The zero-order valence-electron chi connectivity index (χ0n) is 14.2. The first-order chi connectivity index (χ1) is 12.0. The standard InChI is InChI=1S/C18H20N2O4S/c1-10-15(16-13(9-21)6-7-25-16)19-11(2)17(20-10)24-14-5-3-4-12(8-14)18(22)23/h6-7,9,12,14H,3-5,8H2,1-2H3,(H,22,23)/t12-,14-/m0/s1. The number of aliphatic carboxylic acids is 1. The minimum Gasteiger partial charge on any atom is -0.481 e. The average molecular weight is 360 g/mol. The molecule has 1 aliphatic rings. The molecular formula is C18H20N2O4S. The SMILES string of the molecule is Cc1nc(-c2sccc2C=O)c(C)nc1O[C@H]1CCC[C@H](C(=O)O)C1. The van der Waals surface area contributed by atoms with Crippen LogP contribution in [0.15, 0.2) is 11.4 Å². The maximum atomic E-state index is 11.2. The molecule has 0 saturated heterocycles. The third kappa shape index (κ3) is 3.71. The van der Waals surface area contributed by atoms with Gasteiger partial charge in [0.2, 0.25) is 5.88 Å². The predicted molar refractivity (Wildman–Crippen MR) is 94.2 cm³/mol. The highest BCUT2D eigenvalue weighted by Gasteiger charge is 2.29. The summed E-state index contributed by atoms with van der Waals surface area (Å²) in [5.74, 6) is -0.670. The summed E-state index contributed by atoms with van der Waals surface area (Å²) >= 11 is 1.46. The Morgan fingerprint density at radius 2 is 2.12 bits per heavy atom. The van der Waals surface area contributed by atoms with Gasteiger partial charge in [-0.3, -0.25) is 9.59 Å². The van der Waals surface area contributed by atoms with Crippen molar-refractivity contribution in [3.8, 4) is 16.5 Å². The molecule has 0 radical (unpaired) electrons. The molecule has 0 spiro atoms. The van der Waals surface area contributed by atoms with Crippen molar-refractivity contribution in [3.63, 3.8) is 0 Å². The second-order valence-electron chi connectivity index (χ2n) is 6.31. The van der Waals surface area contributed by atoms with Crippen molar-refractivity contribution in [1.29, 1.82) is 0 Å². The lowest BCUT2D eigenvalue weighted by Gasteiger charge is -2.27. The monoisotopic (exact) mass is 360 g/mol. The van der Waals surface area contributed by atoms with Crippen molar-refractivity contribution in [2.24, 2.45) is 5.92 Å². The van der Waals surface area contributed by atoms with E-state index < -0.39 is 5.97 Å². The summed E-state index contributed by atoms with van der Waals surface area (Å²) in [5.41, 5.74) is 2.63. The number of carbonyl (C=O) groups is 2. The van der Waals surface area contributed by atoms with Gasteiger partial charge in [0.1, 0.15) is 17.5 Å². The fourth-order valence-electron chi connectivity index (χ4n) is 3.15. The van der Waals surface area contributed by atoms with E-state index in [1.165, 1.54) is 11.3 Å². The number of aldehydes is 1. The number of nitrogens with zero attached hydrogens (tertiary/aromatic N) is 2. The van der Waals surface area contributed by atoms with Crippen LogP contribution in [0.4, 0.5) is 0 Å². The summed E-state index contributed by atoms with van der Waals surface area (Å²) in [4.78, 5) is 32.3. The summed E-state index contributed by atoms with van der Waals surface area (Å²) in [5, 5.41) is 11.1. The molecule has 2 aromatic heterocycles. The largest absolute Gasteiger partial charge is 0.481 e. The quantitative estimate of drug-likeness (QED) is 0.819. The smallest absolute Gasteiger partial charge is 0.306 e. The van der Waals surface area contributed by atoms with Crippen molar-refractivity contribution >= 4 is 23.6 Å². The lowest BCUT2D eigenvalue weighted by Crippen LogP contribution is -2.30. The van der Waals surface area contributed by atoms with E-state index in [1.807, 2.05) is 19.2 Å². The van der Waals surface area contributed by atoms with Crippen LogP contribution in [-0.2, 0) is 4.79 Å². The van der Waals surface area contributed by atoms with Gasteiger partial charge in [-0.2, -0.15) is 0 Å². The third-order valence-electron chi connectivity index (χ3n) is 4.49. The first-order valence-electron chi connectivity index (χ1n) is 8.27. The van der Waals surface area contributed by atoms with E-state index >= 15 is 0 Å². The van der Waals surface area contributed by atoms with Crippen LogP contribution in [0.1, 0.15) is 47.4 Å². The molecule has 0 unspecified atom stereocenters. The van der Waals surface area contributed by atoms with Crippen molar-refractivity contribution in [2.45, 2.75) is 45.6 Å². The van der Waals surface area contributed by atoms with E-state index in [9.17, 15) is 14.7 Å². The predicted octanol–water partition coefficient (Wildman–Crippen LogP) is 3.66. The normalized spacial score (nSPS) is 20.2. The van der Waals surface area contributed by atoms with Gasteiger partial charge in [0.05, 0.1) is 16.5 Å². The van der Waals surface area contributed by atoms with Gasteiger partial charge in [-0.25, -0.2) is 9.97 Å². The Morgan fingerprint density at radius 3 is 2.84 bits per heavy atom. The molecule has 7 heteroatoms. The number of carboxylic acid groups (broad SMARTS) is 1. The Labute approximate surface area is 149 Å². The molecule has 1 aliphatic carbocycles. The van der Waals surface area contributed by atoms with Gasteiger partial charge in [-0.1, -0.05) is 0 Å². The Bertz CT molecular complexity index is 802. The van der Waals surface area contributed by atoms with E-state index in [0.717, 1.165) is 24.0 Å². The van der Waals surface area contributed by atoms with Gasteiger partial charge in [-0.05, 0) is 51.0 Å². The van der Waals surface area contributed by atoms with E-state index in [-0.39, 0.29) is 12.0 Å². The fraction of sp³-hybridized carbons (Fsp3) is 0.444. The number of hydrogen-bond donors (Lipinski definition) is 1. The average Bonchev–Trinajstić information content (AvgIpc) is 3.06. The highest BCUT2D eigenvalue weighted by atomic mass is 32.1. The van der Waals surface area contributed by atoms with Crippen LogP contribution >= 0.6 is 11.3 Å². The molecular weight excluding hydrogens is 340 g/mol. The van der Waals surface area contributed by atoms with Crippen LogP contribution in [0.25, 0.3) is 10.6 Å². The summed E-state index contributed by atoms with van der Waals surface area (Å²) in [7, 11) is 0. The summed E-state index contributed by atoms with van der Waals surface area (Å²) < 4.78 is 5.97. The molecule has 0 aromatic carbocycles. The molecule has 2 aromatic rings. The fourth-order valence-corrected chi connectivity index (χ4v) is 4.06.